The lowest BCUT2D eigenvalue weighted by Crippen LogP contribution is -2.04. The fourth-order valence-corrected chi connectivity index (χ4v) is 2.95. The van der Waals surface area contributed by atoms with Gasteiger partial charge in [0.1, 0.15) is 11.6 Å². The Morgan fingerprint density at radius 1 is 1.05 bits per heavy atom. The van der Waals surface area contributed by atoms with E-state index < -0.39 is 0 Å². The molecule has 0 spiro atoms. The van der Waals surface area contributed by atoms with E-state index in [1.165, 1.54) is 17.0 Å². The molecule has 0 unspecified atom stereocenters. The van der Waals surface area contributed by atoms with Crippen LogP contribution in [0.5, 0.6) is 0 Å². The first-order valence-corrected chi connectivity index (χ1v) is 7.70. The summed E-state index contributed by atoms with van der Waals surface area (Å²) < 4.78 is 12.9. The van der Waals surface area contributed by atoms with E-state index in [9.17, 15) is 4.39 Å². The summed E-state index contributed by atoms with van der Waals surface area (Å²) in [7, 11) is 0. The molecule has 4 nitrogen and oxygen atoms in total. The van der Waals surface area contributed by atoms with Crippen molar-refractivity contribution in [3.8, 4) is 11.3 Å². The molecule has 3 aromatic rings. The number of aromatic nitrogens is 3. The van der Waals surface area contributed by atoms with E-state index in [0.29, 0.717) is 18.1 Å². The second kappa shape index (κ2) is 6.19. The van der Waals surface area contributed by atoms with Crippen molar-refractivity contribution >= 4 is 17.2 Å². The smallest absolute Gasteiger partial charge is 0.149 e. The van der Waals surface area contributed by atoms with Crippen molar-refractivity contribution in [1.82, 2.24) is 15.2 Å². The quantitative estimate of drug-likeness (QED) is 0.791. The number of benzene rings is 1. The minimum absolute atomic E-state index is 0.260. The van der Waals surface area contributed by atoms with Crippen LogP contribution in [-0.4, -0.2) is 15.2 Å². The third-order valence-corrected chi connectivity index (χ3v) is 4.17. The summed E-state index contributed by atoms with van der Waals surface area (Å²) >= 11 is 1.69. The molecule has 6 heteroatoms. The number of hydrogen-bond donors (Lipinski definition) is 1. The Labute approximate surface area is 132 Å². The van der Waals surface area contributed by atoms with Gasteiger partial charge in [0.2, 0.25) is 0 Å². The molecule has 2 heterocycles. The molecule has 0 saturated carbocycles. The summed E-state index contributed by atoms with van der Waals surface area (Å²) in [6.07, 6.45) is 0. The predicted molar refractivity (Wildman–Crippen MR) is 86.3 cm³/mol. The first-order valence-electron chi connectivity index (χ1n) is 6.88. The van der Waals surface area contributed by atoms with Crippen molar-refractivity contribution in [1.29, 1.82) is 0 Å². The summed E-state index contributed by atoms with van der Waals surface area (Å²) in [5.74, 6) is 0.430. The number of thiazole rings is 1. The van der Waals surface area contributed by atoms with Crippen molar-refractivity contribution in [3.05, 3.63) is 57.8 Å². The highest BCUT2D eigenvalue weighted by Crippen LogP contribution is 2.19. The number of aryl methyl sites for hydroxylation is 2. The molecular weight excluding hydrogens is 299 g/mol. The van der Waals surface area contributed by atoms with Gasteiger partial charge in [-0.05, 0) is 50.2 Å². The van der Waals surface area contributed by atoms with Gasteiger partial charge in [-0.3, -0.25) is 0 Å². The van der Waals surface area contributed by atoms with Gasteiger partial charge in [-0.1, -0.05) is 0 Å². The maximum absolute atomic E-state index is 12.9. The van der Waals surface area contributed by atoms with Gasteiger partial charge < -0.3 is 5.32 Å². The molecule has 0 bridgehead atoms. The summed E-state index contributed by atoms with van der Waals surface area (Å²) in [5, 5.41) is 12.6. The number of anilines is 1. The molecular formula is C16H15FN4S. The lowest BCUT2D eigenvalue weighted by Gasteiger charge is -2.05. The number of rotatable bonds is 4. The molecule has 0 fully saturated rings. The summed E-state index contributed by atoms with van der Waals surface area (Å²) in [4.78, 5) is 5.68. The maximum atomic E-state index is 12.9. The Bertz CT molecular complexity index is 766. The fourth-order valence-electron chi connectivity index (χ4n) is 2.11. The van der Waals surface area contributed by atoms with Crippen molar-refractivity contribution in [2.75, 3.05) is 5.32 Å². The molecule has 0 aliphatic heterocycles. The van der Waals surface area contributed by atoms with Crippen LogP contribution in [0.4, 0.5) is 10.2 Å². The Balaban J connectivity index is 1.69. The van der Waals surface area contributed by atoms with Gasteiger partial charge in [-0.15, -0.1) is 21.5 Å². The second-order valence-electron chi connectivity index (χ2n) is 4.90. The lowest BCUT2D eigenvalue weighted by molar-refractivity contribution is 0.628. The molecule has 22 heavy (non-hydrogen) atoms. The molecule has 0 aliphatic carbocycles. The third-order valence-electron chi connectivity index (χ3n) is 3.24. The van der Waals surface area contributed by atoms with Gasteiger partial charge in [0.15, 0.2) is 0 Å². The van der Waals surface area contributed by atoms with Crippen LogP contribution in [-0.2, 0) is 6.54 Å². The van der Waals surface area contributed by atoms with Gasteiger partial charge in [-0.2, -0.15) is 0 Å². The van der Waals surface area contributed by atoms with E-state index in [1.807, 2.05) is 19.1 Å². The first kappa shape index (κ1) is 14.6. The van der Waals surface area contributed by atoms with Crippen molar-refractivity contribution in [3.63, 3.8) is 0 Å². The van der Waals surface area contributed by atoms with Crippen molar-refractivity contribution < 1.29 is 4.39 Å². The van der Waals surface area contributed by atoms with Gasteiger partial charge in [0.05, 0.1) is 22.9 Å². The topological polar surface area (TPSA) is 50.7 Å². The van der Waals surface area contributed by atoms with Gasteiger partial charge in [0, 0.05) is 10.4 Å². The molecule has 2 aromatic heterocycles. The highest BCUT2D eigenvalue weighted by molar-refractivity contribution is 7.11. The van der Waals surface area contributed by atoms with Crippen LogP contribution in [0, 0.1) is 19.7 Å². The van der Waals surface area contributed by atoms with Crippen LogP contribution in [0.15, 0.2) is 36.4 Å². The fraction of sp³-hybridized carbons (Fsp3) is 0.188. The largest absolute Gasteiger partial charge is 0.363 e. The Morgan fingerprint density at radius 2 is 1.82 bits per heavy atom. The molecule has 3 rings (SSSR count). The average Bonchev–Trinajstić information content (AvgIpc) is 2.84. The molecule has 0 saturated heterocycles. The van der Waals surface area contributed by atoms with Crippen molar-refractivity contribution in [2.24, 2.45) is 0 Å². The molecule has 0 amide bonds. The molecule has 0 atom stereocenters. The number of nitrogens with one attached hydrogen (secondary N) is 1. The molecule has 0 radical (unpaired) electrons. The molecule has 1 aromatic carbocycles. The van der Waals surface area contributed by atoms with E-state index in [-0.39, 0.29) is 5.82 Å². The average molecular weight is 314 g/mol. The number of halogens is 1. The molecule has 112 valence electrons. The Hall–Kier alpha value is -2.34. The predicted octanol–water partition coefficient (Wildman–Crippen LogP) is 3.97. The van der Waals surface area contributed by atoms with Crippen LogP contribution in [0.2, 0.25) is 0 Å². The third kappa shape index (κ3) is 3.28. The standard InChI is InChI=1S/C16H15FN4S/c1-10-15(19-11(2)22-10)9-18-16-8-7-14(20-21-16)12-3-5-13(17)6-4-12/h3-8H,9H2,1-2H3,(H,18,21). The number of hydrogen-bond acceptors (Lipinski definition) is 5. The van der Waals surface area contributed by atoms with E-state index in [0.717, 1.165) is 16.3 Å². The molecule has 0 aliphatic rings. The minimum Gasteiger partial charge on any atom is -0.363 e. The number of nitrogens with zero attached hydrogens (tertiary/aromatic N) is 3. The van der Waals surface area contributed by atoms with E-state index in [1.54, 1.807) is 23.5 Å². The first-order chi connectivity index (χ1) is 10.6. The van der Waals surface area contributed by atoms with Crippen LogP contribution in [0.3, 0.4) is 0 Å². The van der Waals surface area contributed by atoms with Crippen LogP contribution < -0.4 is 5.32 Å². The summed E-state index contributed by atoms with van der Waals surface area (Å²) in [5.41, 5.74) is 2.59. The Kier molecular flexibility index (Phi) is 4.11. The zero-order chi connectivity index (χ0) is 15.5. The van der Waals surface area contributed by atoms with Gasteiger partial charge >= 0.3 is 0 Å². The van der Waals surface area contributed by atoms with Crippen LogP contribution in [0.25, 0.3) is 11.3 Å². The monoisotopic (exact) mass is 314 g/mol. The van der Waals surface area contributed by atoms with E-state index in [2.05, 4.69) is 27.4 Å². The second-order valence-corrected chi connectivity index (χ2v) is 6.31. The van der Waals surface area contributed by atoms with E-state index in [4.69, 9.17) is 0 Å². The normalized spacial score (nSPS) is 10.7. The van der Waals surface area contributed by atoms with Crippen LogP contribution in [0.1, 0.15) is 15.6 Å². The van der Waals surface area contributed by atoms with E-state index >= 15 is 0 Å². The Morgan fingerprint density at radius 3 is 2.41 bits per heavy atom. The van der Waals surface area contributed by atoms with Gasteiger partial charge in [-0.25, -0.2) is 9.37 Å². The highest BCUT2D eigenvalue weighted by Gasteiger charge is 2.06. The van der Waals surface area contributed by atoms with Crippen LogP contribution >= 0.6 is 11.3 Å². The highest BCUT2D eigenvalue weighted by atomic mass is 32.1. The zero-order valence-corrected chi connectivity index (χ0v) is 13.1. The SMILES string of the molecule is Cc1nc(CNc2ccc(-c3ccc(F)cc3)nn2)c(C)s1. The maximum Gasteiger partial charge on any atom is 0.149 e. The summed E-state index contributed by atoms with van der Waals surface area (Å²) in [6.45, 7) is 4.68. The van der Waals surface area contributed by atoms with Gasteiger partial charge in [0.25, 0.3) is 0 Å². The molecule has 1 N–H and O–H groups in total. The summed E-state index contributed by atoms with van der Waals surface area (Å²) in [6, 6.07) is 9.93. The lowest BCUT2D eigenvalue weighted by atomic mass is 10.1. The minimum atomic E-state index is -0.260. The van der Waals surface area contributed by atoms with Crippen molar-refractivity contribution in [2.45, 2.75) is 20.4 Å². The zero-order valence-electron chi connectivity index (χ0n) is 12.3.